The summed E-state index contributed by atoms with van der Waals surface area (Å²) in [7, 11) is 0. The summed E-state index contributed by atoms with van der Waals surface area (Å²) in [6.07, 6.45) is 3.38. The molecule has 6 amide bonds. The Morgan fingerprint density at radius 2 is 1.76 bits per heavy atom. The number of nitrogens with one attached hydrogen (secondary N) is 6. The van der Waals surface area contributed by atoms with E-state index in [1.54, 1.807) is 12.1 Å². The highest BCUT2D eigenvalue weighted by Crippen LogP contribution is 2.27. The summed E-state index contributed by atoms with van der Waals surface area (Å²) < 4.78 is 6.11. The van der Waals surface area contributed by atoms with Gasteiger partial charge in [-0.2, -0.15) is 0 Å². The van der Waals surface area contributed by atoms with Gasteiger partial charge in [0.2, 0.25) is 29.5 Å². The van der Waals surface area contributed by atoms with Crippen LogP contribution in [0.5, 0.6) is 5.75 Å². The molecule has 1 fully saturated rings. The molecule has 0 aromatic heterocycles. The molecule has 0 bridgehead atoms. The van der Waals surface area contributed by atoms with Crippen LogP contribution in [0.4, 0.5) is 11.4 Å². The first-order valence-electron chi connectivity index (χ1n) is 17.1. The highest BCUT2D eigenvalue weighted by molar-refractivity contribution is 6.04. The summed E-state index contributed by atoms with van der Waals surface area (Å²) in [5, 5.41) is 17.1. The second-order valence-electron chi connectivity index (χ2n) is 12.7. The van der Waals surface area contributed by atoms with Crippen LogP contribution >= 0.6 is 0 Å². The molecule has 1 saturated heterocycles. The van der Waals surface area contributed by atoms with Gasteiger partial charge in [-0.15, -0.1) is 0 Å². The fraction of sp³-hybridized carbons (Fsp3) is 0.486. The van der Waals surface area contributed by atoms with Crippen LogP contribution in [0.1, 0.15) is 78.7 Å². The number of rotatable bonds is 11. The van der Waals surface area contributed by atoms with Crippen LogP contribution in [0.2, 0.25) is 0 Å². The summed E-state index contributed by atoms with van der Waals surface area (Å²) in [4.78, 5) is 78.6. The molecule has 15 heteroatoms. The lowest BCUT2D eigenvalue weighted by atomic mass is 9.96. The second-order valence-corrected chi connectivity index (χ2v) is 12.7. The summed E-state index contributed by atoms with van der Waals surface area (Å²) in [6.45, 7) is 5.21. The van der Waals surface area contributed by atoms with Crippen molar-refractivity contribution < 1.29 is 33.5 Å². The van der Waals surface area contributed by atoms with Crippen molar-refractivity contribution >= 4 is 46.8 Å². The summed E-state index contributed by atoms with van der Waals surface area (Å²) in [5.41, 5.74) is 12.4. The van der Waals surface area contributed by atoms with Crippen LogP contribution in [-0.4, -0.2) is 73.7 Å². The maximum absolute atomic E-state index is 13.9. The first kappa shape index (κ1) is 37.8. The molecule has 0 unspecified atom stereocenters. The van der Waals surface area contributed by atoms with Crippen molar-refractivity contribution in [1.82, 2.24) is 21.3 Å². The zero-order valence-electron chi connectivity index (χ0n) is 28.6. The number of unbranched alkanes of at least 4 members (excludes halogenated alkanes) is 1. The summed E-state index contributed by atoms with van der Waals surface area (Å²) in [6, 6.07) is 6.99. The molecule has 2 aromatic carbocycles. The molecule has 4 rings (SSSR count). The molecule has 0 radical (unpaired) electrons. The van der Waals surface area contributed by atoms with Crippen LogP contribution in [0.25, 0.3) is 0 Å². The van der Waals surface area contributed by atoms with Crippen LogP contribution < -0.4 is 48.1 Å². The van der Waals surface area contributed by atoms with E-state index in [1.807, 2.05) is 13.8 Å². The Hall–Kier alpha value is -5.02. The summed E-state index contributed by atoms with van der Waals surface area (Å²) >= 11 is 0. The van der Waals surface area contributed by atoms with E-state index in [4.69, 9.17) is 16.2 Å². The van der Waals surface area contributed by atoms with Gasteiger partial charge in [0, 0.05) is 28.4 Å². The molecular formula is C35H48N8O7. The molecule has 15 nitrogen and oxygen atoms in total. The van der Waals surface area contributed by atoms with Gasteiger partial charge in [0.25, 0.3) is 5.91 Å². The third-order valence-electron chi connectivity index (χ3n) is 9.04. The maximum atomic E-state index is 13.9. The van der Waals surface area contributed by atoms with Gasteiger partial charge in [0.15, 0.2) is 0 Å². The number of nitrogens with two attached hydrogens (primary N) is 2. The predicted octanol–water partition coefficient (Wildman–Crippen LogP) is 1.13. The number of hydrogen-bond acceptors (Lipinski definition) is 9. The van der Waals surface area contributed by atoms with E-state index in [0.29, 0.717) is 44.2 Å². The zero-order chi connectivity index (χ0) is 36.2. The SMILES string of the molecule is CC[C@H](C)[C@@H]1NC(=O)c2cc(NC(=O)CNC(=O)C3CCNCC3)ccc2OCc2ccc(C(N)=O)cc2NC(=O)[C@H](CCCCN)NC1=O. The standard InChI is InChI=1S/C35H48N8O7/c1-3-20(2)30-35(49)41-26(6-4-5-13-36)34(48)42-27-16-22(31(37)45)7-8-23(27)19-50-28-10-9-24(17-25(28)33(47)43-30)40-29(44)18-39-32(46)21-11-14-38-15-12-21/h7-10,16-17,20-21,26,30,38H,3-6,11-15,18-19,36H2,1-2H3,(H2,37,45)(H,39,46)(H,40,44)(H,41,49)(H,42,48)(H,43,47)/t20-,26-,30-/m0/s1. The van der Waals surface area contributed by atoms with Crippen molar-refractivity contribution in [2.24, 2.45) is 23.3 Å². The molecule has 3 atom stereocenters. The molecule has 10 N–H and O–H groups in total. The Kier molecular flexibility index (Phi) is 13.7. The molecule has 2 aliphatic heterocycles. The molecular weight excluding hydrogens is 644 g/mol. The quantitative estimate of drug-likeness (QED) is 0.157. The zero-order valence-corrected chi connectivity index (χ0v) is 28.6. The van der Waals surface area contributed by atoms with Gasteiger partial charge in [-0.05, 0) is 88.0 Å². The number of primary amides is 1. The Bertz CT molecular complexity index is 1580. The largest absolute Gasteiger partial charge is 0.488 e. The molecule has 0 spiro atoms. The fourth-order valence-corrected chi connectivity index (χ4v) is 5.80. The molecule has 2 heterocycles. The Morgan fingerprint density at radius 3 is 2.46 bits per heavy atom. The van der Waals surface area contributed by atoms with Crippen molar-refractivity contribution in [2.75, 3.05) is 36.8 Å². The third-order valence-corrected chi connectivity index (χ3v) is 9.04. The van der Waals surface area contributed by atoms with Crippen molar-refractivity contribution in [3.8, 4) is 5.75 Å². The Morgan fingerprint density at radius 1 is 1.00 bits per heavy atom. The average molecular weight is 693 g/mol. The highest BCUT2D eigenvalue weighted by Gasteiger charge is 2.32. The van der Waals surface area contributed by atoms with Crippen LogP contribution in [-0.2, 0) is 25.8 Å². The lowest BCUT2D eigenvalue weighted by Gasteiger charge is -2.27. The minimum absolute atomic E-state index is 0.0403. The molecule has 50 heavy (non-hydrogen) atoms. The Balaban J connectivity index is 1.65. The van der Waals surface area contributed by atoms with Gasteiger partial charge >= 0.3 is 0 Å². The van der Waals surface area contributed by atoms with Gasteiger partial charge in [0.05, 0.1) is 12.1 Å². The van der Waals surface area contributed by atoms with Crippen molar-refractivity contribution in [1.29, 1.82) is 0 Å². The predicted molar refractivity (Wildman–Crippen MR) is 187 cm³/mol. The number of carbonyl (C=O) groups is 6. The van der Waals surface area contributed by atoms with Crippen LogP contribution in [0, 0.1) is 11.8 Å². The smallest absolute Gasteiger partial charge is 0.255 e. The van der Waals surface area contributed by atoms with Gasteiger partial charge in [-0.25, -0.2) is 0 Å². The maximum Gasteiger partial charge on any atom is 0.255 e. The number of ether oxygens (including phenoxy) is 1. The number of hydrogen-bond donors (Lipinski definition) is 8. The third kappa shape index (κ3) is 10.2. The van der Waals surface area contributed by atoms with Crippen molar-refractivity contribution in [3.05, 3.63) is 53.1 Å². The van der Waals surface area contributed by atoms with Crippen LogP contribution in [0.3, 0.4) is 0 Å². The van der Waals surface area contributed by atoms with E-state index in [-0.39, 0.29) is 65.6 Å². The normalized spacial score (nSPS) is 19.2. The summed E-state index contributed by atoms with van der Waals surface area (Å²) in [5.74, 6) is -3.43. The van der Waals surface area contributed by atoms with Gasteiger partial charge in [-0.1, -0.05) is 26.3 Å². The van der Waals surface area contributed by atoms with E-state index >= 15 is 0 Å². The number of piperidine rings is 1. The minimum Gasteiger partial charge on any atom is -0.488 e. The van der Waals surface area contributed by atoms with E-state index < -0.39 is 41.6 Å². The lowest BCUT2D eigenvalue weighted by Crippen LogP contribution is -2.55. The van der Waals surface area contributed by atoms with Crippen LogP contribution in [0.15, 0.2) is 36.4 Å². The first-order valence-corrected chi connectivity index (χ1v) is 17.1. The van der Waals surface area contributed by atoms with Crippen molar-refractivity contribution in [2.45, 2.75) is 71.1 Å². The Labute approximate surface area is 291 Å². The van der Waals surface area contributed by atoms with Crippen molar-refractivity contribution in [3.63, 3.8) is 0 Å². The van der Waals surface area contributed by atoms with E-state index in [1.165, 1.54) is 24.3 Å². The molecule has 0 saturated carbocycles. The molecule has 2 aliphatic rings. The number of amides is 6. The van der Waals surface area contributed by atoms with Gasteiger partial charge < -0.3 is 48.1 Å². The highest BCUT2D eigenvalue weighted by atomic mass is 16.5. The topological polar surface area (TPSA) is 236 Å². The number of carbonyl (C=O) groups excluding carboxylic acids is 6. The molecule has 270 valence electrons. The second kappa shape index (κ2) is 18.1. The fourth-order valence-electron chi connectivity index (χ4n) is 5.80. The lowest BCUT2D eigenvalue weighted by molar-refractivity contribution is -0.128. The first-order chi connectivity index (χ1) is 24.0. The van der Waals surface area contributed by atoms with Gasteiger partial charge in [-0.3, -0.25) is 28.8 Å². The monoisotopic (exact) mass is 692 g/mol. The molecule has 2 aromatic rings. The number of anilines is 2. The van der Waals surface area contributed by atoms with E-state index in [9.17, 15) is 28.8 Å². The number of benzene rings is 2. The van der Waals surface area contributed by atoms with E-state index in [0.717, 1.165) is 13.1 Å². The van der Waals surface area contributed by atoms with E-state index in [2.05, 4.69) is 31.9 Å². The van der Waals surface area contributed by atoms with Gasteiger partial charge in [0.1, 0.15) is 24.4 Å². The minimum atomic E-state index is -1.02. The number of fused-ring (bicyclic) bond motifs is 2. The molecule has 0 aliphatic carbocycles. The average Bonchev–Trinajstić information content (AvgIpc) is 3.11.